The number of rotatable bonds is 6. The van der Waals surface area contributed by atoms with Crippen LogP contribution < -0.4 is 0 Å². The summed E-state index contributed by atoms with van der Waals surface area (Å²) in [7, 11) is 0. The summed E-state index contributed by atoms with van der Waals surface area (Å²) in [6, 6.07) is 0. The van der Waals surface area contributed by atoms with E-state index in [4.69, 9.17) is 0 Å². The van der Waals surface area contributed by atoms with Crippen LogP contribution in [0.3, 0.4) is 0 Å². The van der Waals surface area contributed by atoms with Gasteiger partial charge in [-0.1, -0.05) is 13.8 Å². The SMILES string of the molecule is CCN(CC)CCCC(C)=C=O. The molecule has 0 aromatic carbocycles. The second kappa shape index (κ2) is 7.08. The first kappa shape index (κ1) is 11.4. The van der Waals surface area contributed by atoms with E-state index in [1.165, 1.54) is 0 Å². The first-order valence-corrected chi connectivity index (χ1v) is 4.67. The highest BCUT2D eigenvalue weighted by atomic mass is 16.1. The molecule has 0 aromatic rings. The van der Waals surface area contributed by atoms with Crippen LogP contribution in [-0.2, 0) is 4.79 Å². The minimum atomic E-state index is 0.835. The van der Waals surface area contributed by atoms with Crippen molar-refractivity contribution in [1.82, 2.24) is 4.90 Å². The summed E-state index contributed by atoms with van der Waals surface area (Å²) in [5.41, 5.74) is 0.835. The Labute approximate surface area is 75.3 Å². The van der Waals surface area contributed by atoms with E-state index in [0.29, 0.717) is 0 Å². The van der Waals surface area contributed by atoms with Crippen LogP contribution >= 0.6 is 0 Å². The number of carbonyl (C=O) groups excluding carboxylic acids is 1. The van der Waals surface area contributed by atoms with Crippen LogP contribution in [0.2, 0.25) is 0 Å². The van der Waals surface area contributed by atoms with Crippen molar-refractivity contribution in [3.63, 3.8) is 0 Å². The molecule has 0 amide bonds. The van der Waals surface area contributed by atoms with Gasteiger partial charge in [0.15, 0.2) is 0 Å². The van der Waals surface area contributed by atoms with Gasteiger partial charge in [0.1, 0.15) is 5.94 Å². The molecule has 70 valence electrons. The van der Waals surface area contributed by atoms with Crippen LogP contribution in [0.4, 0.5) is 0 Å². The fourth-order valence-corrected chi connectivity index (χ4v) is 1.16. The second-order valence-corrected chi connectivity index (χ2v) is 3.01. The molecule has 0 heterocycles. The van der Waals surface area contributed by atoms with Crippen molar-refractivity contribution in [3.8, 4) is 0 Å². The Hall–Kier alpha value is -0.590. The molecule has 0 aliphatic carbocycles. The average molecular weight is 169 g/mol. The quantitative estimate of drug-likeness (QED) is 0.566. The summed E-state index contributed by atoms with van der Waals surface area (Å²) in [5.74, 6) is 1.92. The van der Waals surface area contributed by atoms with Crippen molar-refractivity contribution >= 4 is 5.94 Å². The molecule has 0 aromatic heterocycles. The maximum Gasteiger partial charge on any atom is 0.123 e. The van der Waals surface area contributed by atoms with E-state index < -0.39 is 0 Å². The monoisotopic (exact) mass is 169 g/mol. The van der Waals surface area contributed by atoms with Crippen molar-refractivity contribution in [1.29, 1.82) is 0 Å². The minimum absolute atomic E-state index is 0.835. The van der Waals surface area contributed by atoms with Gasteiger partial charge < -0.3 is 4.90 Å². The van der Waals surface area contributed by atoms with Gasteiger partial charge in [-0.05, 0) is 39.4 Å². The average Bonchev–Trinajstić information content (AvgIpc) is 2.12. The summed E-state index contributed by atoms with van der Waals surface area (Å²) >= 11 is 0. The molecular formula is C10H19NO. The zero-order chi connectivity index (χ0) is 9.40. The first-order chi connectivity index (χ1) is 5.74. The topological polar surface area (TPSA) is 20.3 Å². The van der Waals surface area contributed by atoms with Crippen LogP contribution in [0, 0.1) is 0 Å². The molecular weight excluding hydrogens is 150 g/mol. The van der Waals surface area contributed by atoms with Crippen molar-refractivity contribution in [2.24, 2.45) is 0 Å². The predicted molar refractivity (Wildman–Crippen MR) is 51.9 cm³/mol. The maximum atomic E-state index is 10.1. The fraction of sp³-hybridized carbons (Fsp3) is 0.800. The lowest BCUT2D eigenvalue weighted by molar-refractivity contribution is 0.300. The molecule has 0 saturated heterocycles. The third kappa shape index (κ3) is 5.11. The normalized spacial score (nSPS) is 10.0. The molecule has 0 bridgehead atoms. The Morgan fingerprint density at radius 1 is 1.33 bits per heavy atom. The van der Waals surface area contributed by atoms with Crippen LogP contribution in [0.5, 0.6) is 0 Å². The summed E-state index contributed by atoms with van der Waals surface area (Å²) in [6.45, 7) is 9.44. The third-order valence-electron chi connectivity index (χ3n) is 2.09. The van der Waals surface area contributed by atoms with Crippen LogP contribution in [-0.4, -0.2) is 30.5 Å². The van der Waals surface area contributed by atoms with Gasteiger partial charge in [-0.15, -0.1) is 0 Å². The number of nitrogens with zero attached hydrogens (tertiary/aromatic N) is 1. The molecule has 0 saturated carbocycles. The first-order valence-electron chi connectivity index (χ1n) is 4.67. The van der Waals surface area contributed by atoms with Crippen LogP contribution in [0.1, 0.15) is 33.6 Å². The molecule has 0 aliphatic rings. The summed E-state index contributed by atoms with van der Waals surface area (Å²) < 4.78 is 0. The highest BCUT2D eigenvalue weighted by molar-refractivity contribution is 5.50. The molecule has 12 heavy (non-hydrogen) atoms. The van der Waals surface area contributed by atoms with E-state index in [1.54, 1.807) is 0 Å². The molecule has 0 atom stereocenters. The highest BCUT2D eigenvalue weighted by Gasteiger charge is 1.98. The van der Waals surface area contributed by atoms with E-state index in [2.05, 4.69) is 18.7 Å². The fourth-order valence-electron chi connectivity index (χ4n) is 1.16. The van der Waals surface area contributed by atoms with Gasteiger partial charge in [0, 0.05) is 5.57 Å². The largest absolute Gasteiger partial charge is 0.304 e. The Morgan fingerprint density at radius 3 is 2.33 bits per heavy atom. The van der Waals surface area contributed by atoms with Gasteiger partial charge in [0.05, 0.1) is 0 Å². The Bertz CT molecular complexity index is 155. The molecule has 2 heteroatoms. The van der Waals surface area contributed by atoms with E-state index in [9.17, 15) is 4.79 Å². The van der Waals surface area contributed by atoms with E-state index in [0.717, 1.165) is 38.0 Å². The van der Waals surface area contributed by atoms with Gasteiger partial charge >= 0.3 is 0 Å². The molecule has 0 aliphatic heterocycles. The van der Waals surface area contributed by atoms with Crippen molar-refractivity contribution in [2.75, 3.05) is 19.6 Å². The zero-order valence-corrected chi connectivity index (χ0v) is 8.39. The van der Waals surface area contributed by atoms with Gasteiger partial charge in [0.25, 0.3) is 0 Å². The Morgan fingerprint density at radius 2 is 1.92 bits per heavy atom. The second-order valence-electron chi connectivity index (χ2n) is 3.01. The Balaban J connectivity index is 3.47. The van der Waals surface area contributed by atoms with Crippen LogP contribution in [0.15, 0.2) is 5.57 Å². The van der Waals surface area contributed by atoms with Gasteiger partial charge in [-0.3, -0.25) is 0 Å². The van der Waals surface area contributed by atoms with E-state index >= 15 is 0 Å². The summed E-state index contributed by atoms with van der Waals surface area (Å²) in [4.78, 5) is 12.5. The van der Waals surface area contributed by atoms with Gasteiger partial charge in [-0.2, -0.15) is 0 Å². The van der Waals surface area contributed by atoms with Crippen LogP contribution in [0.25, 0.3) is 0 Å². The number of hydrogen-bond acceptors (Lipinski definition) is 2. The Kier molecular flexibility index (Phi) is 6.73. The summed E-state index contributed by atoms with van der Waals surface area (Å²) in [6.07, 6.45) is 1.96. The number of hydrogen-bond donors (Lipinski definition) is 0. The molecule has 0 spiro atoms. The maximum absolute atomic E-state index is 10.1. The molecule has 0 N–H and O–H groups in total. The standard InChI is InChI=1S/C10H19NO/c1-4-11(5-2)8-6-7-10(3)9-12/h4-8H2,1-3H3. The molecule has 0 radical (unpaired) electrons. The van der Waals surface area contributed by atoms with E-state index in [-0.39, 0.29) is 0 Å². The molecule has 0 rings (SSSR count). The molecule has 0 fully saturated rings. The van der Waals surface area contributed by atoms with Crippen molar-refractivity contribution in [2.45, 2.75) is 33.6 Å². The van der Waals surface area contributed by atoms with Crippen molar-refractivity contribution in [3.05, 3.63) is 5.57 Å². The summed E-state index contributed by atoms with van der Waals surface area (Å²) in [5, 5.41) is 0. The third-order valence-corrected chi connectivity index (χ3v) is 2.09. The lowest BCUT2D eigenvalue weighted by atomic mass is 10.2. The zero-order valence-electron chi connectivity index (χ0n) is 8.39. The van der Waals surface area contributed by atoms with E-state index in [1.807, 2.05) is 12.9 Å². The highest BCUT2D eigenvalue weighted by Crippen LogP contribution is 2.01. The lowest BCUT2D eigenvalue weighted by Gasteiger charge is -2.17. The van der Waals surface area contributed by atoms with Gasteiger partial charge in [0.2, 0.25) is 0 Å². The van der Waals surface area contributed by atoms with Gasteiger partial charge in [-0.25, -0.2) is 4.79 Å². The smallest absolute Gasteiger partial charge is 0.123 e. The minimum Gasteiger partial charge on any atom is -0.304 e. The van der Waals surface area contributed by atoms with Crippen molar-refractivity contribution < 1.29 is 4.79 Å². The predicted octanol–water partition coefficient (Wildman–Crippen LogP) is 1.89. The molecule has 2 nitrogen and oxygen atoms in total. The number of allylic oxidation sites excluding steroid dienone is 1. The lowest BCUT2D eigenvalue weighted by Crippen LogP contribution is -2.23. The molecule has 0 unspecified atom stereocenters.